The van der Waals surface area contributed by atoms with Crippen molar-refractivity contribution in [1.29, 1.82) is 0 Å². The maximum atomic E-state index is 12.1. The maximum absolute atomic E-state index is 12.1. The predicted molar refractivity (Wildman–Crippen MR) is 148 cm³/mol. The number of carboxylic acids is 1. The van der Waals surface area contributed by atoms with E-state index in [1.807, 2.05) is 6.92 Å². The minimum Gasteiger partial charge on any atom is -0.478 e. The molecule has 0 heterocycles. The van der Waals surface area contributed by atoms with Crippen LogP contribution in [-0.4, -0.2) is 59.6 Å². The summed E-state index contributed by atoms with van der Waals surface area (Å²) in [6.45, 7) is 14.2. The smallest absolute Gasteiger partial charge is 0.412 e. The van der Waals surface area contributed by atoms with Crippen molar-refractivity contribution >= 4 is 35.4 Å². The molecule has 2 rings (SSSR count). The fourth-order valence-corrected chi connectivity index (χ4v) is 3.07. The van der Waals surface area contributed by atoms with Gasteiger partial charge in [0.05, 0.1) is 12.7 Å². The second-order valence-corrected chi connectivity index (χ2v) is 10.7. The molecule has 0 radical (unpaired) electrons. The normalized spacial score (nSPS) is 10.9. The molecule has 2 aromatic carbocycles. The predicted octanol–water partition coefficient (Wildman–Crippen LogP) is 6.02. The zero-order chi connectivity index (χ0) is 30.1. The van der Waals surface area contributed by atoms with Gasteiger partial charge in [-0.05, 0) is 103 Å². The van der Waals surface area contributed by atoms with Gasteiger partial charge in [-0.3, -0.25) is 20.3 Å². The molecule has 0 unspecified atom stereocenters. The third-order valence-corrected chi connectivity index (χ3v) is 4.50. The van der Waals surface area contributed by atoms with Crippen molar-refractivity contribution in [2.24, 2.45) is 0 Å². The van der Waals surface area contributed by atoms with Crippen molar-refractivity contribution in [3.05, 3.63) is 58.7 Å². The monoisotopic (exact) mass is 545 g/mol. The Hall–Kier alpha value is -4.12. The fraction of sp³-hybridized carbons (Fsp3) is 0.429. The van der Waals surface area contributed by atoms with Crippen LogP contribution >= 0.6 is 0 Å². The van der Waals surface area contributed by atoms with E-state index >= 15 is 0 Å². The average Bonchev–Trinajstić information content (AvgIpc) is 2.74. The van der Waals surface area contributed by atoms with Crippen molar-refractivity contribution in [3.63, 3.8) is 0 Å². The van der Waals surface area contributed by atoms with E-state index in [9.17, 15) is 19.2 Å². The van der Waals surface area contributed by atoms with Gasteiger partial charge in [-0.25, -0.2) is 19.4 Å². The molecule has 0 aliphatic rings. The van der Waals surface area contributed by atoms with Gasteiger partial charge in [-0.1, -0.05) is 0 Å². The van der Waals surface area contributed by atoms with Crippen LogP contribution in [0.15, 0.2) is 36.4 Å². The van der Waals surface area contributed by atoms with Crippen LogP contribution in [-0.2, 0) is 14.3 Å². The Kier molecular flexibility index (Phi) is 11.5. The van der Waals surface area contributed by atoms with Gasteiger partial charge >= 0.3 is 18.2 Å². The van der Waals surface area contributed by atoms with Crippen molar-refractivity contribution in [1.82, 2.24) is 5.06 Å². The number of rotatable bonds is 5. The highest BCUT2D eigenvalue weighted by Gasteiger charge is 2.18. The summed E-state index contributed by atoms with van der Waals surface area (Å²) in [6.07, 6.45) is -1.17. The van der Waals surface area contributed by atoms with Crippen LogP contribution in [0.1, 0.15) is 73.4 Å². The van der Waals surface area contributed by atoms with Gasteiger partial charge in [0.15, 0.2) is 0 Å². The number of carboxylic acid groups (broad SMARTS) is 1. The number of carbonyl (C=O) groups is 4. The molecule has 0 aliphatic heterocycles. The van der Waals surface area contributed by atoms with Crippen LogP contribution in [0, 0.1) is 13.8 Å². The number of nitrogens with zero attached hydrogens (tertiary/aromatic N) is 1. The molecule has 2 aromatic rings. The molecule has 0 saturated heterocycles. The van der Waals surface area contributed by atoms with Crippen molar-refractivity contribution in [2.45, 2.75) is 66.6 Å². The van der Waals surface area contributed by atoms with E-state index in [1.54, 1.807) is 72.7 Å². The molecule has 11 heteroatoms. The van der Waals surface area contributed by atoms with E-state index in [2.05, 4.69) is 10.6 Å². The van der Waals surface area contributed by atoms with E-state index in [-0.39, 0.29) is 11.5 Å². The highest BCUT2D eigenvalue weighted by molar-refractivity contribution is 5.96. The van der Waals surface area contributed by atoms with Crippen LogP contribution in [0.3, 0.4) is 0 Å². The highest BCUT2D eigenvalue weighted by Crippen LogP contribution is 2.18. The number of aromatic carboxylic acids is 1. The number of hydroxylamine groups is 2. The number of nitrogens with one attached hydrogen (secondary N) is 2. The van der Waals surface area contributed by atoms with Gasteiger partial charge < -0.3 is 14.6 Å². The average molecular weight is 546 g/mol. The van der Waals surface area contributed by atoms with Gasteiger partial charge in [0.25, 0.3) is 5.91 Å². The lowest BCUT2D eigenvalue weighted by Crippen LogP contribution is -2.28. The molecule has 0 atom stereocenters. The Bertz CT molecular complexity index is 1200. The first-order valence-corrected chi connectivity index (χ1v) is 12.1. The standard InChI is InChI=1S/C15H22N2O4.C13H17NO4/c1-10-7-11(13(18)17(5)20-6)9-12(8-10)16-14(19)21-15(2,3)4;1-8-5-9(11(15)16)7-10(6-8)14-12(17)18-13(2,3)4/h7-9H,1-6H3,(H,16,19);5-7H,1-4H3,(H,14,17)(H,15,16). The molecule has 39 heavy (non-hydrogen) atoms. The fourth-order valence-electron chi connectivity index (χ4n) is 3.07. The van der Waals surface area contributed by atoms with Gasteiger partial charge in [-0.2, -0.15) is 0 Å². The number of ether oxygens (including phenoxy) is 2. The van der Waals surface area contributed by atoms with Gasteiger partial charge in [-0.15, -0.1) is 0 Å². The minimum atomic E-state index is -1.04. The van der Waals surface area contributed by atoms with E-state index in [1.165, 1.54) is 26.3 Å². The summed E-state index contributed by atoms with van der Waals surface area (Å²) in [4.78, 5) is 51.1. The molecule has 0 spiro atoms. The number of amides is 3. The molecule has 0 aromatic heterocycles. The quantitative estimate of drug-likeness (QED) is 0.387. The molecule has 214 valence electrons. The van der Waals surface area contributed by atoms with E-state index in [0.29, 0.717) is 16.9 Å². The molecular weight excluding hydrogens is 506 g/mol. The second-order valence-electron chi connectivity index (χ2n) is 10.7. The lowest BCUT2D eigenvalue weighted by atomic mass is 10.1. The Labute approximate surface area is 229 Å². The summed E-state index contributed by atoms with van der Waals surface area (Å²) in [5, 5.41) is 15.2. The zero-order valence-corrected chi connectivity index (χ0v) is 24.2. The second kappa shape index (κ2) is 13.6. The molecule has 3 amide bonds. The minimum absolute atomic E-state index is 0.126. The summed E-state index contributed by atoms with van der Waals surface area (Å²) in [7, 11) is 2.93. The van der Waals surface area contributed by atoms with Gasteiger partial charge in [0.1, 0.15) is 11.2 Å². The Morgan fingerprint density at radius 1 is 0.718 bits per heavy atom. The first kappa shape index (κ1) is 32.9. The van der Waals surface area contributed by atoms with E-state index in [4.69, 9.17) is 19.4 Å². The van der Waals surface area contributed by atoms with Crippen LogP contribution in [0.4, 0.5) is 21.0 Å². The third kappa shape index (κ3) is 12.8. The summed E-state index contributed by atoms with van der Waals surface area (Å²) < 4.78 is 10.3. The number of hydrogen-bond acceptors (Lipinski definition) is 7. The first-order chi connectivity index (χ1) is 17.8. The number of hydrogen-bond donors (Lipinski definition) is 3. The summed E-state index contributed by atoms with van der Waals surface area (Å²) in [6, 6.07) is 9.65. The zero-order valence-electron chi connectivity index (χ0n) is 24.2. The summed E-state index contributed by atoms with van der Waals surface area (Å²) >= 11 is 0. The van der Waals surface area contributed by atoms with E-state index in [0.717, 1.165) is 16.2 Å². The molecule has 11 nitrogen and oxygen atoms in total. The molecule has 0 aliphatic carbocycles. The lowest BCUT2D eigenvalue weighted by Gasteiger charge is -2.20. The van der Waals surface area contributed by atoms with Crippen LogP contribution in [0.25, 0.3) is 0 Å². The number of aryl methyl sites for hydroxylation is 2. The largest absolute Gasteiger partial charge is 0.478 e. The SMILES string of the molecule is CON(C)C(=O)c1cc(C)cc(NC(=O)OC(C)(C)C)c1.Cc1cc(NC(=O)OC(C)(C)C)cc(C(=O)O)c1. The Balaban J connectivity index is 0.000000395. The highest BCUT2D eigenvalue weighted by atomic mass is 16.7. The maximum Gasteiger partial charge on any atom is 0.412 e. The summed E-state index contributed by atoms with van der Waals surface area (Å²) in [5.41, 5.74) is 1.87. The molecule has 3 N–H and O–H groups in total. The Morgan fingerprint density at radius 2 is 1.10 bits per heavy atom. The molecular formula is C28H39N3O8. The van der Waals surface area contributed by atoms with Crippen molar-refractivity contribution in [3.8, 4) is 0 Å². The van der Waals surface area contributed by atoms with E-state index < -0.39 is 29.4 Å². The van der Waals surface area contributed by atoms with Gasteiger partial charge in [0.2, 0.25) is 0 Å². The van der Waals surface area contributed by atoms with Crippen LogP contribution in [0.5, 0.6) is 0 Å². The third-order valence-electron chi connectivity index (χ3n) is 4.50. The number of benzene rings is 2. The topological polar surface area (TPSA) is 144 Å². The first-order valence-electron chi connectivity index (χ1n) is 12.1. The van der Waals surface area contributed by atoms with Crippen molar-refractivity contribution in [2.75, 3.05) is 24.8 Å². The molecule has 0 fully saturated rings. The molecule has 0 saturated carbocycles. The van der Waals surface area contributed by atoms with Crippen LogP contribution < -0.4 is 10.6 Å². The van der Waals surface area contributed by atoms with Crippen molar-refractivity contribution < 1.29 is 38.6 Å². The van der Waals surface area contributed by atoms with Crippen LogP contribution in [0.2, 0.25) is 0 Å². The molecule has 0 bridgehead atoms. The number of carbonyl (C=O) groups excluding carboxylic acids is 3. The number of anilines is 2. The van der Waals surface area contributed by atoms with Gasteiger partial charge in [0, 0.05) is 24.0 Å². The summed E-state index contributed by atoms with van der Waals surface area (Å²) in [5.74, 6) is -1.33. The Morgan fingerprint density at radius 3 is 1.46 bits per heavy atom. The lowest BCUT2D eigenvalue weighted by molar-refractivity contribution is -0.0757.